The summed E-state index contributed by atoms with van der Waals surface area (Å²) in [6.07, 6.45) is 1.90. The molecule has 0 unspecified atom stereocenters. The second kappa shape index (κ2) is 5.92. The summed E-state index contributed by atoms with van der Waals surface area (Å²) in [4.78, 5) is 0. The van der Waals surface area contributed by atoms with E-state index < -0.39 is 10.0 Å². The van der Waals surface area contributed by atoms with Gasteiger partial charge < -0.3 is 0 Å². The van der Waals surface area contributed by atoms with E-state index in [9.17, 15) is 8.42 Å². The van der Waals surface area contributed by atoms with Crippen molar-refractivity contribution < 1.29 is 8.42 Å². The Hall–Kier alpha value is -0.470. The number of hydrogen-bond donors (Lipinski definition) is 1. The number of aromatic nitrogens is 3. The van der Waals surface area contributed by atoms with E-state index in [1.165, 1.54) is 4.68 Å². The Morgan fingerprint density at radius 1 is 1.41 bits per heavy atom. The first-order valence-electron chi connectivity index (χ1n) is 5.47. The number of halogens is 1. The van der Waals surface area contributed by atoms with E-state index in [0.717, 1.165) is 12.8 Å². The molecule has 0 fully saturated rings. The zero-order valence-corrected chi connectivity index (χ0v) is 12.5. The predicted molar refractivity (Wildman–Crippen MR) is 68.0 cm³/mol. The molecule has 0 aliphatic heterocycles. The number of rotatable bonds is 6. The summed E-state index contributed by atoms with van der Waals surface area (Å²) in [5, 5.41) is 7.37. The minimum absolute atomic E-state index is 0.0588. The summed E-state index contributed by atoms with van der Waals surface area (Å²) in [7, 11) is -2.01. The van der Waals surface area contributed by atoms with Crippen molar-refractivity contribution >= 4 is 26.0 Å². The molecule has 1 N–H and O–H groups in total. The van der Waals surface area contributed by atoms with Crippen LogP contribution in [0.4, 0.5) is 0 Å². The van der Waals surface area contributed by atoms with Crippen LogP contribution in [0.5, 0.6) is 0 Å². The summed E-state index contributed by atoms with van der Waals surface area (Å²) < 4.78 is 28.1. The van der Waals surface area contributed by atoms with Gasteiger partial charge in [-0.1, -0.05) is 31.9 Å². The van der Waals surface area contributed by atoms with Crippen LogP contribution in [0.1, 0.15) is 26.7 Å². The van der Waals surface area contributed by atoms with Gasteiger partial charge in [-0.15, -0.1) is 5.10 Å². The average Bonchev–Trinajstić information content (AvgIpc) is 2.60. The number of nitrogens with one attached hydrogen (secondary N) is 1. The fraction of sp³-hybridized carbons (Fsp3) is 0.778. The summed E-state index contributed by atoms with van der Waals surface area (Å²) in [6, 6.07) is 0. The van der Waals surface area contributed by atoms with Crippen molar-refractivity contribution in [3.8, 4) is 0 Å². The van der Waals surface area contributed by atoms with E-state index in [1.807, 2.05) is 13.8 Å². The minimum atomic E-state index is -3.55. The van der Waals surface area contributed by atoms with Crippen molar-refractivity contribution in [3.05, 3.63) is 4.60 Å². The molecule has 0 aliphatic carbocycles. The smallest absolute Gasteiger partial charge is 0.235 e. The molecule has 0 radical (unpaired) electrons. The molecule has 1 heterocycles. The van der Waals surface area contributed by atoms with Crippen LogP contribution in [0.25, 0.3) is 0 Å². The molecule has 1 rings (SSSR count). The van der Waals surface area contributed by atoms with Crippen LogP contribution in [0.2, 0.25) is 0 Å². The maximum Gasteiger partial charge on any atom is 0.260 e. The molecule has 98 valence electrons. The molecule has 6 nitrogen and oxygen atoms in total. The van der Waals surface area contributed by atoms with Crippen LogP contribution in [0, 0.1) is 5.92 Å². The van der Waals surface area contributed by atoms with Gasteiger partial charge in [-0.2, -0.15) is 0 Å². The highest BCUT2D eigenvalue weighted by molar-refractivity contribution is 9.10. The first kappa shape index (κ1) is 14.6. The zero-order valence-electron chi connectivity index (χ0n) is 10.1. The highest BCUT2D eigenvalue weighted by Gasteiger charge is 2.24. The molecule has 0 saturated heterocycles. The lowest BCUT2D eigenvalue weighted by Crippen LogP contribution is -2.30. The van der Waals surface area contributed by atoms with Crippen LogP contribution in [0.3, 0.4) is 0 Å². The van der Waals surface area contributed by atoms with E-state index in [4.69, 9.17) is 0 Å². The maximum absolute atomic E-state index is 12.0. The Morgan fingerprint density at radius 2 is 2.00 bits per heavy atom. The summed E-state index contributed by atoms with van der Waals surface area (Å²) >= 11 is 3.08. The molecule has 1 aromatic rings. The van der Waals surface area contributed by atoms with Gasteiger partial charge in [0, 0.05) is 13.6 Å². The third-order valence-corrected chi connectivity index (χ3v) is 5.02. The fourth-order valence-corrected chi connectivity index (χ4v) is 3.69. The predicted octanol–water partition coefficient (Wildman–Crippen LogP) is 1.29. The van der Waals surface area contributed by atoms with Gasteiger partial charge in [-0.05, 0) is 21.8 Å². The van der Waals surface area contributed by atoms with Crippen LogP contribution in [-0.2, 0) is 17.1 Å². The Kier molecular flexibility index (Phi) is 5.08. The lowest BCUT2D eigenvalue weighted by Gasteiger charge is -2.13. The first-order chi connectivity index (χ1) is 7.92. The molecule has 0 saturated carbocycles. The molecule has 0 bridgehead atoms. The summed E-state index contributed by atoms with van der Waals surface area (Å²) in [5.74, 6) is 0.352. The van der Waals surface area contributed by atoms with Crippen molar-refractivity contribution in [2.75, 3.05) is 6.54 Å². The number of hydrogen-bond acceptors (Lipinski definition) is 4. The monoisotopic (exact) mass is 324 g/mol. The van der Waals surface area contributed by atoms with Gasteiger partial charge >= 0.3 is 0 Å². The Labute approximate surface area is 110 Å². The van der Waals surface area contributed by atoms with Crippen molar-refractivity contribution in [1.29, 1.82) is 0 Å². The normalized spacial score (nSPS) is 12.3. The molecule has 0 aromatic carbocycles. The third-order valence-electron chi connectivity index (χ3n) is 2.71. The van der Waals surface area contributed by atoms with Crippen LogP contribution < -0.4 is 4.72 Å². The standard InChI is InChI=1S/C9H17BrN4O2S/c1-4-7(5-2)6-11-17(15,16)9-8(10)12-13-14(9)3/h7,11H,4-6H2,1-3H3. The molecule has 1 aromatic heterocycles. The first-order valence-corrected chi connectivity index (χ1v) is 7.74. The molecule has 0 aliphatic rings. The number of nitrogens with zero attached hydrogens (tertiary/aromatic N) is 3. The number of sulfonamides is 1. The van der Waals surface area contributed by atoms with Gasteiger partial charge in [0.05, 0.1) is 0 Å². The largest absolute Gasteiger partial charge is 0.260 e. The highest BCUT2D eigenvalue weighted by atomic mass is 79.9. The van der Waals surface area contributed by atoms with Gasteiger partial charge in [-0.25, -0.2) is 17.8 Å². The number of aryl methyl sites for hydroxylation is 1. The molecule has 17 heavy (non-hydrogen) atoms. The second-order valence-electron chi connectivity index (χ2n) is 3.84. The van der Waals surface area contributed by atoms with E-state index in [1.54, 1.807) is 7.05 Å². The maximum atomic E-state index is 12.0. The fourth-order valence-electron chi connectivity index (χ4n) is 1.48. The van der Waals surface area contributed by atoms with Crippen molar-refractivity contribution in [3.63, 3.8) is 0 Å². The van der Waals surface area contributed by atoms with Gasteiger partial charge in [0.1, 0.15) is 0 Å². The Bertz CT molecular complexity index is 448. The van der Waals surface area contributed by atoms with E-state index in [2.05, 4.69) is 31.0 Å². The molecule has 8 heteroatoms. The highest BCUT2D eigenvalue weighted by Crippen LogP contribution is 2.18. The third kappa shape index (κ3) is 3.49. The van der Waals surface area contributed by atoms with Gasteiger partial charge in [-0.3, -0.25) is 0 Å². The Balaban J connectivity index is 2.83. The van der Waals surface area contributed by atoms with Gasteiger partial charge in [0.15, 0.2) is 4.60 Å². The van der Waals surface area contributed by atoms with Crippen LogP contribution in [0.15, 0.2) is 9.63 Å². The lowest BCUT2D eigenvalue weighted by molar-refractivity contribution is 0.476. The minimum Gasteiger partial charge on any atom is -0.235 e. The SMILES string of the molecule is CCC(CC)CNS(=O)(=O)c1c(Br)nnn1C. The Morgan fingerprint density at radius 3 is 2.41 bits per heavy atom. The average molecular weight is 325 g/mol. The van der Waals surface area contributed by atoms with E-state index >= 15 is 0 Å². The summed E-state index contributed by atoms with van der Waals surface area (Å²) in [6.45, 7) is 4.53. The van der Waals surface area contributed by atoms with E-state index in [-0.39, 0.29) is 9.63 Å². The lowest BCUT2D eigenvalue weighted by atomic mass is 10.0. The van der Waals surface area contributed by atoms with Crippen molar-refractivity contribution in [1.82, 2.24) is 19.7 Å². The molecular weight excluding hydrogens is 308 g/mol. The molecule has 0 amide bonds. The zero-order chi connectivity index (χ0) is 13.1. The molecule has 0 spiro atoms. The van der Waals surface area contributed by atoms with Crippen LogP contribution >= 0.6 is 15.9 Å². The quantitative estimate of drug-likeness (QED) is 0.855. The van der Waals surface area contributed by atoms with Gasteiger partial charge in [0.2, 0.25) is 5.03 Å². The van der Waals surface area contributed by atoms with E-state index in [0.29, 0.717) is 12.5 Å². The van der Waals surface area contributed by atoms with Crippen LogP contribution in [-0.4, -0.2) is 30.0 Å². The van der Waals surface area contributed by atoms with Gasteiger partial charge in [0.25, 0.3) is 10.0 Å². The summed E-state index contributed by atoms with van der Waals surface area (Å²) in [5.41, 5.74) is 0. The molecular formula is C9H17BrN4O2S. The van der Waals surface area contributed by atoms with Crippen molar-refractivity contribution in [2.24, 2.45) is 13.0 Å². The van der Waals surface area contributed by atoms with Crippen molar-refractivity contribution in [2.45, 2.75) is 31.7 Å². The second-order valence-corrected chi connectivity index (χ2v) is 6.28. The topological polar surface area (TPSA) is 76.9 Å². The molecule has 0 atom stereocenters.